The molecule has 0 aliphatic heterocycles. The summed E-state index contributed by atoms with van der Waals surface area (Å²) in [6.07, 6.45) is 0. The zero-order chi connectivity index (χ0) is 36.1. The molecule has 54 heavy (non-hydrogen) atoms. The van der Waals surface area contributed by atoms with Gasteiger partial charge in [0.1, 0.15) is 0 Å². The molecule has 2 nitrogen and oxygen atoms in total. The molecule has 0 N–H and O–H groups in total. The molecular weight excluding hydrogens is 653 g/mol. The van der Waals surface area contributed by atoms with Gasteiger partial charge in [-0.25, -0.2) is 9.97 Å². The predicted molar refractivity (Wildman–Crippen MR) is 226 cm³/mol. The minimum Gasteiger partial charge on any atom is -0.228 e. The van der Waals surface area contributed by atoms with E-state index in [1.54, 1.807) is 0 Å². The highest BCUT2D eigenvalue weighted by Gasteiger charge is 2.12. The molecule has 0 saturated carbocycles. The lowest BCUT2D eigenvalue weighted by atomic mass is 9.94. The van der Waals surface area contributed by atoms with Gasteiger partial charge < -0.3 is 0 Å². The first-order valence-corrected chi connectivity index (χ1v) is 18.3. The molecule has 8 aromatic carbocycles. The zero-order valence-electron chi connectivity index (χ0n) is 29.7. The van der Waals surface area contributed by atoms with E-state index >= 15 is 0 Å². The number of aromatic nitrogens is 2. The second kappa shape index (κ2) is 14.8. The Hall–Kier alpha value is -7.16. The van der Waals surface area contributed by atoms with Crippen molar-refractivity contribution in [2.24, 2.45) is 0 Å². The van der Waals surface area contributed by atoms with E-state index in [1.807, 2.05) is 36.4 Å². The van der Waals surface area contributed by atoms with Crippen LogP contribution in [-0.4, -0.2) is 9.97 Å². The molecule has 0 aliphatic carbocycles. The van der Waals surface area contributed by atoms with Gasteiger partial charge in [-0.15, -0.1) is 0 Å². The Kier molecular flexibility index (Phi) is 8.99. The molecule has 254 valence electrons. The van der Waals surface area contributed by atoms with Gasteiger partial charge in [0.05, 0.1) is 11.4 Å². The summed E-state index contributed by atoms with van der Waals surface area (Å²) in [5.74, 6) is 0.704. The highest BCUT2D eigenvalue weighted by molar-refractivity contribution is 5.81. The maximum Gasteiger partial charge on any atom is 0.160 e. The Morgan fingerprint density at radius 1 is 0.185 bits per heavy atom. The molecule has 0 saturated heterocycles. The van der Waals surface area contributed by atoms with E-state index in [0.717, 1.165) is 39.2 Å². The van der Waals surface area contributed by atoms with Crippen molar-refractivity contribution in [3.05, 3.63) is 218 Å². The van der Waals surface area contributed by atoms with Gasteiger partial charge in [0.25, 0.3) is 0 Å². The Balaban J connectivity index is 1.03. The van der Waals surface area contributed by atoms with Crippen molar-refractivity contribution in [1.29, 1.82) is 0 Å². The van der Waals surface area contributed by atoms with Crippen LogP contribution in [0.5, 0.6) is 0 Å². The summed E-state index contributed by atoms with van der Waals surface area (Å²) < 4.78 is 0. The molecule has 0 bridgehead atoms. The average Bonchev–Trinajstić information content (AvgIpc) is 3.27. The molecule has 1 heterocycles. The minimum absolute atomic E-state index is 0.704. The van der Waals surface area contributed by atoms with E-state index in [4.69, 9.17) is 9.97 Å². The number of rotatable bonds is 8. The van der Waals surface area contributed by atoms with Crippen molar-refractivity contribution in [3.8, 4) is 89.5 Å². The first kappa shape index (κ1) is 32.7. The van der Waals surface area contributed by atoms with Crippen molar-refractivity contribution in [3.63, 3.8) is 0 Å². The van der Waals surface area contributed by atoms with Gasteiger partial charge in [-0.2, -0.15) is 0 Å². The third-order valence-electron chi connectivity index (χ3n) is 9.88. The molecule has 0 aliphatic rings. The highest BCUT2D eigenvalue weighted by atomic mass is 14.9. The van der Waals surface area contributed by atoms with E-state index in [-0.39, 0.29) is 0 Å². The molecule has 0 radical (unpaired) electrons. The summed E-state index contributed by atoms with van der Waals surface area (Å²) in [5.41, 5.74) is 16.7. The Labute approximate surface area is 316 Å². The lowest BCUT2D eigenvalue weighted by molar-refractivity contribution is 1.18. The van der Waals surface area contributed by atoms with E-state index in [1.165, 1.54) is 44.5 Å². The molecule has 0 fully saturated rings. The summed E-state index contributed by atoms with van der Waals surface area (Å²) >= 11 is 0. The van der Waals surface area contributed by atoms with E-state index in [9.17, 15) is 0 Å². The number of nitrogens with zero attached hydrogens (tertiary/aromatic N) is 2. The minimum atomic E-state index is 0.704. The normalized spacial score (nSPS) is 11.0. The second-order valence-corrected chi connectivity index (χ2v) is 13.5. The predicted octanol–water partition coefficient (Wildman–Crippen LogP) is 13.8. The van der Waals surface area contributed by atoms with Gasteiger partial charge in [0, 0.05) is 16.7 Å². The fraction of sp³-hybridized carbons (Fsp3) is 0. The number of hydrogen-bond acceptors (Lipinski definition) is 2. The van der Waals surface area contributed by atoms with E-state index in [0.29, 0.717) is 5.82 Å². The fourth-order valence-corrected chi connectivity index (χ4v) is 7.07. The van der Waals surface area contributed by atoms with Crippen molar-refractivity contribution in [2.75, 3.05) is 0 Å². The SMILES string of the molecule is c1ccc(-c2cccc(-c3cccc(-c4cccc(-c5cccc(-c6cccc(-c7nc(-c8ccccc8)cc(-c8ccccc8)n7)c6)c5)c4)c3)c2)cc1. The third kappa shape index (κ3) is 7.01. The first-order chi connectivity index (χ1) is 26.7. The van der Waals surface area contributed by atoms with Gasteiger partial charge in [-0.3, -0.25) is 0 Å². The molecule has 0 amide bonds. The standard InChI is InChI=1S/C52H36N2/c1-4-15-37(16-5-1)40-21-10-22-41(31-40)42-23-11-24-43(32-42)44-25-12-26-45(33-44)46-27-13-28-47(34-46)48-29-14-30-49(35-48)52-53-50(38-17-6-2-7-18-38)36-51(54-52)39-19-8-3-9-20-39/h1-36H. The molecule has 2 heteroatoms. The van der Waals surface area contributed by atoms with Crippen molar-refractivity contribution in [1.82, 2.24) is 9.97 Å². The average molecular weight is 689 g/mol. The van der Waals surface area contributed by atoms with Crippen LogP contribution in [0.2, 0.25) is 0 Å². The molecule has 0 spiro atoms. The van der Waals surface area contributed by atoms with Crippen LogP contribution >= 0.6 is 0 Å². The van der Waals surface area contributed by atoms with Crippen molar-refractivity contribution < 1.29 is 0 Å². The Bertz CT molecular complexity index is 2640. The summed E-state index contributed by atoms with van der Waals surface area (Å²) in [4.78, 5) is 10.1. The lowest BCUT2D eigenvalue weighted by Crippen LogP contribution is -1.96. The molecule has 1 aromatic heterocycles. The summed E-state index contributed by atoms with van der Waals surface area (Å²) in [6, 6.07) is 77.1. The molecule has 0 unspecified atom stereocenters. The molecule has 0 atom stereocenters. The van der Waals surface area contributed by atoms with Crippen LogP contribution in [0.4, 0.5) is 0 Å². The Morgan fingerprint density at radius 3 is 0.759 bits per heavy atom. The summed E-state index contributed by atoms with van der Waals surface area (Å²) in [7, 11) is 0. The molecule has 9 rings (SSSR count). The highest BCUT2D eigenvalue weighted by Crippen LogP contribution is 2.34. The van der Waals surface area contributed by atoms with E-state index in [2.05, 4.69) is 182 Å². The van der Waals surface area contributed by atoms with Crippen LogP contribution in [0.15, 0.2) is 218 Å². The lowest BCUT2D eigenvalue weighted by Gasteiger charge is -2.12. The van der Waals surface area contributed by atoms with Crippen LogP contribution < -0.4 is 0 Å². The largest absolute Gasteiger partial charge is 0.228 e. The summed E-state index contributed by atoms with van der Waals surface area (Å²) in [5, 5.41) is 0. The van der Waals surface area contributed by atoms with Crippen LogP contribution in [0.1, 0.15) is 0 Å². The quantitative estimate of drug-likeness (QED) is 0.159. The third-order valence-corrected chi connectivity index (χ3v) is 9.88. The van der Waals surface area contributed by atoms with Crippen LogP contribution in [0.3, 0.4) is 0 Å². The molecular formula is C52H36N2. The van der Waals surface area contributed by atoms with Crippen LogP contribution in [0, 0.1) is 0 Å². The van der Waals surface area contributed by atoms with Gasteiger partial charge in [0.2, 0.25) is 0 Å². The van der Waals surface area contributed by atoms with Crippen LogP contribution in [-0.2, 0) is 0 Å². The second-order valence-electron chi connectivity index (χ2n) is 13.5. The van der Waals surface area contributed by atoms with Crippen molar-refractivity contribution >= 4 is 0 Å². The monoisotopic (exact) mass is 688 g/mol. The van der Waals surface area contributed by atoms with Crippen molar-refractivity contribution in [2.45, 2.75) is 0 Å². The van der Waals surface area contributed by atoms with Gasteiger partial charge in [0.15, 0.2) is 5.82 Å². The summed E-state index contributed by atoms with van der Waals surface area (Å²) in [6.45, 7) is 0. The first-order valence-electron chi connectivity index (χ1n) is 18.3. The van der Waals surface area contributed by atoms with Crippen LogP contribution in [0.25, 0.3) is 89.5 Å². The Morgan fingerprint density at radius 2 is 0.426 bits per heavy atom. The maximum atomic E-state index is 5.07. The number of hydrogen-bond donors (Lipinski definition) is 0. The topological polar surface area (TPSA) is 25.8 Å². The van der Waals surface area contributed by atoms with E-state index < -0.39 is 0 Å². The van der Waals surface area contributed by atoms with Gasteiger partial charge >= 0.3 is 0 Å². The maximum absolute atomic E-state index is 5.07. The fourth-order valence-electron chi connectivity index (χ4n) is 7.07. The molecule has 9 aromatic rings. The van der Waals surface area contributed by atoms with Gasteiger partial charge in [-0.1, -0.05) is 182 Å². The van der Waals surface area contributed by atoms with Gasteiger partial charge in [-0.05, 0) is 92.0 Å². The number of benzene rings is 8. The zero-order valence-corrected chi connectivity index (χ0v) is 29.7. The smallest absolute Gasteiger partial charge is 0.160 e.